The van der Waals surface area contributed by atoms with Crippen LogP contribution in [0, 0.1) is 5.92 Å². The highest BCUT2D eigenvalue weighted by Gasteiger charge is 2.24. The average Bonchev–Trinajstić information content (AvgIpc) is 2.42. The Bertz CT molecular complexity index is 567. The van der Waals surface area contributed by atoms with Gasteiger partial charge in [-0.25, -0.2) is 9.48 Å². The second-order valence-corrected chi connectivity index (χ2v) is 4.81. The summed E-state index contributed by atoms with van der Waals surface area (Å²) in [4.78, 5) is 34.6. The topological polar surface area (TPSA) is 111 Å². The molecule has 1 atom stereocenters. The van der Waals surface area contributed by atoms with Crippen LogP contribution in [0.3, 0.4) is 0 Å². The van der Waals surface area contributed by atoms with Crippen LogP contribution < -0.4 is 10.9 Å². The number of aliphatic carboxylic acids is 1. The van der Waals surface area contributed by atoms with Crippen LogP contribution >= 0.6 is 0 Å². The van der Waals surface area contributed by atoms with Crippen molar-refractivity contribution in [2.24, 2.45) is 5.92 Å². The molecular formula is C13H19N3O5. The van der Waals surface area contributed by atoms with Gasteiger partial charge in [0.25, 0.3) is 11.5 Å². The number of carboxylic acids is 1. The number of carbonyl (C=O) groups excluding carboxylic acids is 1. The van der Waals surface area contributed by atoms with Gasteiger partial charge in [-0.3, -0.25) is 9.59 Å². The number of carboxylic acid groups (broad SMARTS) is 1. The van der Waals surface area contributed by atoms with Gasteiger partial charge in [-0.2, -0.15) is 5.10 Å². The number of aromatic nitrogens is 2. The van der Waals surface area contributed by atoms with Crippen LogP contribution in [-0.2, 0) is 16.1 Å². The van der Waals surface area contributed by atoms with Crippen LogP contribution in [0.5, 0.6) is 0 Å². The smallest absolute Gasteiger partial charge is 0.326 e. The zero-order chi connectivity index (χ0) is 16.0. The maximum Gasteiger partial charge on any atom is 0.326 e. The number of nitrogens with one attached hydrogen (secondary N) is 1. The summed E-state index contributed by atoms with van der Waals surface area (Å²) in [6.45, 7) is 3.86. The Morgan fingerprint density at radius 1 is 1.43 bits per heavy atom. The SMILES string of the molecule is COCCn1nc(C(=O)N[C@@H](C(=O)O)C(C)C)ccc1=O. The highest BCUT2D eigenvalue weighted by molar-refractivity contribution is 5.94. The van der Waals surface area contributed by atoms with Crippen molar-refractivity contribution in [2.75, 3.05) is 13.7 Å². The minimum absolute atomic E-state index is 0.0161. The van der Waals surface area contributed by atoms with Gasteiger partial charge >= 0.3 is 5.97 Å². The quantitative estimate of drug-likeness (QED) is 0.716. The zero-order valence-electron chi connectivity index (χ0n) is 12.2. The number of methoxy groups -OCH3 is 1. The van der Waals surface area contributed by atoms with E-state index in [2.05, 4.69) is 10.4 Å². The molecule has 0 fully saturated rings. The molecule has 0 saturated carbocycles. The average molecular weight is 297 g/mol. The lowest BCUT2D eigenvalue weighted by Gasteiger charge is -2.17. The Kier molecular flexibility index (Phi) is 6.04. The van der Waals surface area contributed by atoms with Gasteiger partial charge in [0.05, 0.1) is 13.2 Å². The van der Waals surface area contributed by atoms with E-state index in [0.29, 0.717) is 0 Å². The van der Waals surface area contributed by atoms with Crippen molar-refractivity contribution in [3.8, 4) is 0 Å². The number of rotatable bonds is 7. The van der Waals surface area contributed by atoms with Gasteiger partial charge in [-0.05, 0) is 12.0 Å². The van der Waals surface area contributed by atoms with Crippen molar-refractivity contribution in [2.45, 2.75) is 26.4 Å². The fraction of sp³-hybridized carbons (Fsp3) is 0.538. The summed E-state index contributed by atoms with van der Waals surface area (Å²) in [6.07, 6.45) is 0. The molecule has 0 bridgehead atoms. The first kappa shape index (κ1) is 16.8. The van der Waals surface area contributed by atoms with Crippen LogP contribution in [0.4, 0.5) is 0 Å². The molecule has 0 spiro atoms. The van der Waals surface area contributed by atoms with Gasteiger partial charge in [-0.1, -0.05) is 13.8 Å². The number of ether oxygens (including phenoxy) is 1. The van der Waals surface area contributed by atoms with E-state index in [1.807, 2.05) is 0 Å². The molecule has 1 aromatic rings. The molecule has 0 aliphatic rings. The van der Waals surface area contributed by atoms with Gasteiger partial charge in [0, 0.05) is 13.2 Å². The van der Waals surface area contributed by atoms with E-state index in [4.69, 9.17) is 9.84 Å². The summed E-state index contributed by atoms with van der Waals surface area (Å²) in [6, 6.07) is 1.46. The Morgan fingerprint density at radius 2 is 2.10 bits per heavy atom. The first-order valence-electron chi connectivity index (χ1n) is 6.47. The molecule has 1 heterocycles. The Labute approximate surface area is 121 Å². The van der Waals surface area contributed by atoms with E-state index in [9.17, 15) is 14.4 Å². The molecule has 0 aromatic carbocycles. The molecule has 8 heteroatoms. The molecule has 0 unspecified atom stereocenters. The van der Waals surface area contributed by atoms with Crippen molar-refractivity contribution in [1.82, 2.24) is 15.1 Å². The van der Waals surface area contributed by atoms with E-state index < -0.39 is 17.9 Å². The van der Waals surface area contributed by atoms with Crippen LogP contribution in [0.1, 0.15) is 24.3 Å². The standard InChI is InChI=1S/C13H19N3O5/c1-8(2)11(13(19)20)14-12(18)9-4-5-10(17)16(15-9)6-7-21-3/h4-5,8,11H,6-7H2,1-3H3,(H,14,18)(H,19,20)/t11-/m1/s1. The largest absolute Gasteiger partial charge is 0.480 e. The third kappa shape index (κ3) is 4.67. The second kappa shape index (κ2) is 7.53. The van der Waals surface area contributed by atoms with Crippen molar-refractivity contribution in [3.63, 3.8) is 0 Å². The lowest BCUT2D eigenvalue weighted by atomic mass is 10.0. The van der Waals surface area contributed by atoms with Gasteiger partial charge < -0.3 is 15.2 Å². The van der Waals surface area contributed by atoms with E-state index in [1.54, 1.807) is 13.8 Å². The lowest BCUT2D eigenvalue weighted by Crippen LogP contribution is -2.45. The zero-order valence-corrected chi connectivity index (χ0v) is 12.2. The predicted molar refractivity (Wildman–Crippen MR) is 74.1 cm³/mol. The minimum atomic E-state index is -1.12. The van der Waals surface area contributed by atoms with Crippen molar-refractivity contribution in [1.29, 1.82) is 0 Å². The molecule has 0 saturated heterocycles. The number of nitrogens with zero attached hydrogens (tertiary/aromatic N) is 2. The van der Waals surface area contributed by atoms with Crippen LogP contribution in [-0.4, -0.2) is 46.5 Å². The molecule has 0 radical (unpaired) electrons. The molecule has 8 nitrogen and oxygen atoms in total. The van der Waals surface area contributed by atoms with Gasteiger partial charge in [0.1, 0.15) is 11.7 Å². The van der Waals surface area contributed by atoms with Gasteiger partial charge in [0.15, 0.2) is 0 Å². The molecule has 2 N–H and O–H groups in total. The van der Waals surface area contributed by atoms with Gasteiger partial charge in [-0.15, -0.1) is 0 Å². The third-order valence-electron chi connectivity index (χ3n) is 2.83. The molecule has 1 amide bonds. The fourth-order valence-electron chi connectivity index (χ4n) is 1.64. The van der Waals surface area contributed by atoms with Gasteiger partial charge in [0.2, 0.25) is 0 Å². The summed E-state index contributed by atoms with van der Waals surface area (Å²) >= 11 is 0. The van der Waals surface area contributed by atoms with Crippen molar-refractivity contribution in [3.05, 3.63) is 28.2 Å². The van der Waals surface area contributed by atoms with E-state index in [0.717, 1.165) is 4.68 Å². The first-order chi connectivity index (χ1) is 9.86. The highest BCUT2D eigenvalue weighted by Crippen LogP contribution is 2.03. The van der Waals surface area contributed by atoms with E-state index in [1.165, 1.54) is 19.2 Å². The minimum Gasteiger partial charge on any atom is -0.480 e. The first-order valence-corrected chi connectivity index (χ1v) is 6.47. The Hall–Kier alpha value is -2.22. The third-order valence-corrected chi connectivity index (χ3v) is 2.83. The summed E-state index contributed by atoms with van der Waals surface area (Å²) in [5.41, 5.74) is -0.375. The summed E-state index contributed by atoms with van der Waals surface area (Å²) in [5, 5.41) is 15.3. The second-order valence-electron chi connectivity index (χ2n) is 4.81. The molecule has 1 aromatic heterocycles. The fourth-order valence-corrected chi connectivity index (χ4v) is 1.64. The Morgan fingerprint density at radius 3 is 2.62 bits per heavy atom. The number of carbonyl (C=O) groups is 2. The van der Waals surface area contributed by atoms with E-state index in [-0.39, 0.29) is 30.3 Å². The van der Waals surface area contributed by atoms with Crippen molar-refractivity contribution >= 4 is 11.9 Å². The number of hydrogen-bond acceptors (Lipinski definition) is 5. The number of hydrogen-bond donors (Lipinski definition) is 2. The highest BCUT2D eigenvalue weighted by atomic mass is 16.5. The predicted octanol–water partition coefficient (Wildman–Crippen LogP) is -0.271. The summed E-state index contributed by atoms with van der Waals surface area (Å²) in [5.74, 6) is -2.03. The molecule has 116 valence electrons. The molecule has 21 heavy (non-hydrogen) atoms. The maximum absolute atomic E-state index is 12.0. The van der Waals surface area contributed by atoms with Crippen LogP contribution in [0.15, 0.2) is 16.9 Å². The molecular weight excluding hydrogens is 278 g/mol. The Balaban J connectivity index is 2.92. The molecule has 0 aliphatic heterocycles. The molecule has 0 aliphatic carbocycles. The summed E-state index contributed by atoms with van der Waals surface area (Å²) < 4.78 is 5.95. The lowest BCUT2D eigenvalue weighted by molar-refractivity contribution is -0.140. The summed E-state index contributed by atoms with van der Waals surface area (Å²) in [7, 11) is 1.49. The molecule has 1 rings (SSSR count). The van der Waals surface area contributed by atoms with Crippen LogP contribution in [0.25, 0.3) is 0 Å². The van der Waals surface area contributed by atoms with Crippen LogP contribution in [0.2, 0.25) is 0 Å². The monoisotopic (exact) mass is 297 g/mol. The maximum atomic E-state index is 12.0. The van der Waals surface area contributed by atoms with E-state index >= 15 is 0 Å². The normalized spacial score (nSPS) is 12.2. The number of amides is 1. The van der Waals surface area contributed by atoms with Crippen molar-refractivity contribution < 1.29 is 19.4 Å².